The second kappa shape index (κ2) is 14.5. The molecule has 3 aromatic carbocycles. The predicted molar refractivity (Wildman–Crippen MR) is 181 cm³/mol. The van der Waals surface area contributed by atoms with E-state index >= 15 is 0 Å². The van der Waals surface area contributed by atoms with Crippen LogP contribution in [0.5, 0.6) is 5.75 Å². The molecule has 1 aliphatic heterocycles. The smallest absolute Gasteiger partial charge is 0.469 e. The van der Waals surface area contributed by atoms with E-state index in [2.05, 4.69) is 33.0 Å². The van der Waals surface area contributed by atoms with Crippen molar-refractivity contribution in [1.29, 1.82) is 0 Å². The van der Waals surface area contributed by atoms with Gasteiger partial charge in [0.25, 0.3) is 11.6 Å². The number of carbonyl (C=O) groups is 1. The standard InChI is InChI=1S/C30H35ClN5O10PS/c1-3-34(4-2)10-12-45-21-5-8-25-19(13-21)14-26(33-25)30(37)35-18-20(17-31)29-23-7-6-22(15-24(23)27(36(38)39)16-28(29)35)48(43,44)32-9-11-46-47(40,41)42/h5-8,13-16,20,32-33H,3-4,9-12,17-18H2,1-2H3,(H2,40,41,42). The number of H-pyrrole nitrogens is 1. The van der Waals surface area contributed by atoms with Crippen LogP contribution >= 0.6 is 19.4 Å². The highest BCUT2D eigenvalue weighted by Crippen LogP contribution is 2.46. The third-order valence-corrected chi connectivity index (χ3v) is 10.5. The molecule has 0 spiro atoms. The number of aromatic amines is 1. The van der Waals surface area contributed by atoms with Crippen LogP contribution in [0, 0.1) is 10.1 Å². The number of phosphoric ester groups is 1. The number of hydrogen-bond donors (Lipinski definition) is 4. The van der Waals surface area contributed by atoms with Gasteiger partial charge in [-0.3, -0.25) is 19.4 Å². The van der Waals surface area contributed by atoms with Gasteiger partial charge in [-0.2, -0.15) is 0 Å². The number of aromatic nitrogens is 1. The van der Waals surface area contributed by atoms with E-state index in [9.17, 15) is 27.9 Å². The van der Waals surface area contributed by atoms with Gasteiger partial charge in [-0.25, -0.2) is 17.7 Å². The average Bonchev–Trinajstić information content (AvgIpc) is 3.65. The number of amides is 1. The van der Waals surface area contributed by atoms with Gasteiger partial charge < -0.3 is 29.3 Å². The van der Waals surface area contributed by atoms with E-state index in [1.54, 1.807) is 6.07 Å². The van der Waals surface area contributed by atoms with Crippen LogP contribution in [-0.4, -0.2) is 90.7 Å². The van der Waals surface area contributed by atoms with E-state index in [1.165, 1.54) is 23.1 Å². The Bertz CT molecular complexity index is 2010. The first kappa shape index (κ1) is 35.7. The summed E-state index contributed by atoms with van der Waals surface area (Å²) in [5.74, 6) is -0.0752. The van der Waals surface area contributed by atoms with Crippen molar-refractivity contribution < 1.29 is 41.7 Å². The summed E-state index contributed by atoms with van der Waals surface area (Å²) in [5, 5.41) is 13.4. The molecule has 0 fully saturated rings. The number of anilines is 1. The van der Waals surface area contributed by atoms with Gasteiger partial charge in [0, 0.05) is 48.4 Å². The maximum Gasteiger partial charge on any atom is 0.469 e. The summed E-state index contributed by atoms with van der Waals surface area (Å²) < 4.78 is 49.1. The van der Waals surface area contributed by atoms with Gasteiger partial charge in [0.1, 0.15) is 18.1 Å². The number of nitro groups is 1. The Hall–Kier alpha value is -3.60. The zero-order valence-corrected chi connectivity index (χ0v) is 28.6. The number of phosphoric acid groups is 1. The van der Waals surface area contributed by atoms with E-state index in [0.717, 1.165) is 31.1 Å². The van der Waals surface area contributed by atoms with E-state index in [1.807, 2.05) is 18.2 Å². The number of fused-ring (bicyclic) bond motifs is 4. The summed E-state index contributed by atoms with van der Waals surface area (Å²) in [6, 6.07) is 12.3. The third-order valence-electron chi connectivity index (χ3n) is 8.19. The molecule has 1 atom stereocenters. The zero-order chi connectivity index (χ0) is 34.8. The highest BCUT2D eigenvalue weighted by Gasteiger charge is 2.37. The van der Waals surface area contributed by atoms with Crippen molar-refractivity contribution in [2.24, 2.45) is 0 Å². The number of nitrogens with one attached hydrogen (secondary N) is 2. The van der Waals surface area contributed by atoms with Crippen LogP contribution in [0.25, 0.3) is 21.7 Å². The van der Waals surface area contributed by atoms with Crippen LogP contribution in [0.2, 0.25) is 0 Å². The Kier molecular flexibility index (Phi) is 10.8. The van der Waals surface area contributed by atoms with Crippen LogP contribution in [0.15, 0.2) is 53.4 Å². The molecule has 0 saturated heterocycles. The SMILES string of the molecule is CCN(CC)CCOc1ccc2[nH]c(C(=O)N3CC(CCl)c4c3cc([N+](=O)[O-])c3cc(S(=O)(=O)NCCOP(=O)(O)O)ccc43)cc2c1. The van der Waals surface area contributed by atoms with Gasteiger partial charge in [0.2, 0.25) is 10.0 Å². The third kappa shape index (κ3) is 7.66. The fraction of sp³-hybridized carbons (Fsp3) is 0.367. The molecule has 48 heavy (non-hydrogen) atoms. The summed E-state index contributed by atoms with van der Waals surface area (Å²) in [6.45, 7) is 6.41. The highest BCUT2D eigenvalue weighted by molar-refractivity contribution is 7.89. The minimum atomic E-state index is -4.79. The largest absolute Gasteiger partial charge is 0.492 e. The molecular weight excluding hydrogens is 689 g/mol. The van der Waals surface area contributed by atoms with Crippen molar-refractivity contribution in [3.63, 3.8) is 0 Å². The second-order valence-electron chi connectivity index (χ2n) is 11.1. The second-order valence-corrected chi connectivity index (χ2v) is 14.4. The lowest BCUT2D eigenvalue weighted by atomic mass is 9.95. The van der Waals surface area contributed by atoms with Gasteiger partial charge in [-0.1, -0.05) is 19.9 Å². The molecule has 0 saturated carbocycles. The lowest BCUT2D eigenvalue weighted by molar-refractivity contribution is -0.383. The fourth-order valence-electron chi connectivity index (χ4n) is 5.81. The molecule has 1 aliphatic rings. The van der Waals surface area contributed by atoms with Crippen LogP contribution < -0.4 is 14.4 Å². The molecular formula is C30H35ClN5O10PS. The van der Waals surface area contributed by atoms with Crippen molar-refractivity contribution in [2.75, 3.05) is 56.7 Å². The minimum absolute atomic E-state index is 0.0247. The summed E-state index contributed by atoms with van der Waals surface area (Å²) >= 11 is 6.35. The van der Waals surface area contributed by atoms with E-state index in [0.29, 0.717) is 34.5 Å². The fourth-order valence-corrected chi connectivity index (χ4v) is 7.43. The number of nitro benzene ring substituents is 1. The summed E-state index contributed by atoms with van der Waals surface area (Å²) in [6.07, 6.45) is 0. The molecule has 18 heteroatoms. The molecule has 4 aromatic rings. The van der Waals surface area contributed by atoms with E-state index in [-0.39, 0.29) is 28.4 Å². The van der Waals surface area contributed by atoms with Crippen LogP contribution in [0.4, 0.5) is 11.4 Å². The van der Waals surface area contributed by atoms with Crippen molar-refractivity contribution in [1.82, 2.24) is 14.6 Å². The number of alkyl halides is 1. The Morgan fingerprint density at radius 3 is 2.56 bits per heavy atom. The number of ether oxygens (including phenoxy) is 1. The molecule has 1 amide bonds. The molecule has 1 aromatic heterocycles. The van der Waals surface area contributed by atoms with Crippen molar-refractivity contribution in [3.05, 3.63) is 69.9 Å². The number of non-ortho nitro benzene ring substituents is 1. The number of halogens is 1. The molecule has 0 bridgehead atoms. The number of sulfonamides is 1. The van der Waals surface area contributed by atoms with Gasteiger partial charge in [-0.05, 0) is 60.4 Å². The van der Waals surface area contributed by atoms with Crippen molar-refractivity contribution in [3.8, 4) is 5.75 Å². The summed E-state index contributed by atoms with van der Waals surface area (Å²) in [7, 11) is -9.04. The van der Waals surface area contributed by atoms with E-state index < -0.39 is 53.4 Å². The molecule has 5 rings (SSSR count). The predicted octanol–water partition coefficient (Wildman–Crippen LogP) is 4.32. The number of likely N-dealkylation sites (N-methyl/N-ethyl adjacent to an activating group) is 1. The van der Waals surface area contributed by atoms with Crippen LogP contribution in [0.3, 0.4) is 0 Å². The highest BCUT2D eigenvalue weighted by atomic mass is 35.5. The Morgan fingerprint density at radius 1 is 1.15 bits per heavy atom. The van der Waals surface area contributed by atoms with Gasteiger partial charge >= 0.3 is 7.82 Å². The molecule has 4 N–H and O–H groups in total. The average molecular weight is 724 g/mol. The molecule has 15 nitrogen and oxygen atoms in total. The minimum Gasteiger partial charge on any atom is -0.492 e. The first-order valence-electron chi connectivity index (χ1n) is 15.1. The molecule has 2 heterocycles. The Morgan fingerprint density at radius 2 is 1.90 bits per heavy atom. The maximum absolute atomic E-state index is 13.9. The molecule has 0 radical (unpaired) electrons. The summed E-state index contributed by atoms with van der Waals surface area (Å²) in [5.41, 5.74) is 1.44. The number of hydrogen-bond acceptors (Lipinski definition) is 9. The quantitative estimate of drug-likeness (QED) is 0.0447. The molecule has 0 aliphatic carbocycles. The van der Waals surface area contributed by atoms with Gasteiger partial charge in [0.15, 0.2) is 0 Å². The topological polar surface area (TPSA) is 205 Å². The number of benzene rings is 3. The van der Waals surface area contributed by atoms with Gasteiger partial charge in [0.05, 0.1) is 27.5 Å². The van der Waals surface area contributed by atoms with Gasteiger partial charge in [-0.15, -0.1) is 11.6 Å². The lowest BCUT2D eigenvalue weighted by Gasteiger charge is -2.17. The monoisotopic (exact) mass is 723 g/mol. The first-order valence-corrected chi connectivity index (χ1v) is 18.6. The van der Waals surface area contributed by atoms with Crippen LogP contribution in [0.1, 0.15) is 35.8 Å². The number of carbonyl (C=O) groups excluding carboxylic acids is 1. The van der Waals surface area contributed by atoms with Crippen molar-refractivity contribution >= 4 is 68.4 Å². The van der Waals surface area contributed by atoms with E-state index in [4.69, 9.17) is 26.1 Å². The normalized spacial score (nSPS) is 15.0. The lowest BCUT2D eigenvalue weighted by Crippen LogP contribution is -2.30. The molecule has 1 unspecified atom stereocenters. The van der Waals surface area contributed by atoms with Crippen molar-refractivity contribution in [2.45, 2.75) is 24.7 Å². The number of nitrogens with zero attached hydrogens (tertiary/aromatic N) is 3. The summed E-state index contributed by atoms with van der Waals surface area (Å²) in [4.78, 5) is 49.7. The zero-order valence-electron chi connectivity index (χ0n) is 26.1. The molecule has 258 valence electrons. The number of rotatable bonds is 15. The van der Waals surface area contributed by atoms with Crippen LogP contribution in [-0.2, 0) is 19.1 Å². The maximum atomic E-state index is 13.9. The Labute approximate surface area is 281 Å². The Balaban J connectivity index is 1.45. The first-order chi connectivity index (χ1) is 22.8.